The fraction of sp³-hybridized carbons (Fsp3) is 0.364. The lowest BCUT2D eigenvalue weighted by atomic mass is 10.2. The van der Waals surface area contributed by atoms with Gasteiger partial charge in [0.25, 0.3) is 0 Å². The van der Waals surface area contributed by atoms with Crippen molar-refractivity contribution in [3.05, 3.63) is 23.8 Å². The Labute approximate surface area is 105 Å². The van der Waals surface area contributed by atoms with Gasteiger partial charge in [0.15, 0.2) is 0 Å². The van der Waals surface area contributed by atoms with E-state index < -0.39 is 22.5 Å². The molecule has 0 fully saturated rings. The van der Waals surface area contributed by atoms with Crippen LogP contribution in [-0.4, -0.2) is 9.96 Å². The first-order valence-electron chi connectivity index (χ1n) is 5.08. The number of halogens is 3. The van der Waals surface area contributed by atoms with Crippen LogP contribution in [0.25, 0.3) is 0 Å². The number of hydrogen-bond acceptors (Lipinski definition) is 3. The molecule has 0 aromatic heterocycles. The third kappa shape index (κ3) is 3.74. The van der Waals surface area contributed by atoms with Crippen LogP contribution in [0.15, 0.2) is 23.1 Å². The van der Waals surface area contributed by atoms with Gasteiger partial charge >= 0.3 is 6.18 Å². The van der Waals surface area contributed by atoms with Crippen molar-refractivity contribution in [3.63, 3.8) is 0 Å². The Morgan fingerprint density at radius 3 is 2.56 bits per heavy atom. The zero-order chi connectivity index (χ0) is 13.8. The summed E-state index contributed by atoms with van der Waals surface area (Å²) in [7, 11) is -1.47. The Bertz CT molecular complexity index is 494. The van der Waals surface area contributed by atoms with E-state index >= 15 is 0 Å². The number of anilines is 1. The van der Waals surface area contributed by atoms with E-state index in [-0.39, 0.29) is 22.8 Å². The second-order valence-corrected chi connectivity index (χ2v) is 5.10. The number of nitriles is 1. The molecule has 1 atom stereocenters. The average molecular weight is 276 g/mol. The number of nitrogens with two attached hydrogens (primary N) is 1. The van der Waals surface area contributed by atoms with Crippen LogP contribution in [0, 0.1) is 11.3 Å². The number of alkyl halides is 3. The molecule has 7 heteroatoms. The molecule has 1 unspecified atom stereocenters. The molecule has 3 nitrogen and oxygen atoms in total. The maximum atomic E-state index is 12.4. The standard InChI is InChI=1S/C11H11F3N2OS/c12-11(13,14)8-3-4-10(9(16)7-8)18(17)6-2-1-5-15/h3-4,7H,1-2,6,16H2. The van der Waals surface area contributed by atoms with Gasteiger partial charge in [-0.15, -0.1) is 0 Å². The largest absolute Gasteiger partial charge is 0.416 e. The van der Waals surface area contributed by atoms with Crippen molar-refractivity contribution in [1.29, 1.82) is 5.26 Å². The molecule has 1 aromatic rings. The molecular formula is C11H11F3N2OS. The normalized spacial score (nSPS) is 13.0. The first-order chi connectivity index (χ1) is 8.36. The number of benzene rings is 1. The van der Waals surface area contributed by atoms with E-state index in [0.29, 0.717) is 6.42 Å². The molecule has 0 radical (unpaired) electrons. The van der Waals surface area contributed by atoms with Crippen LogP contribution in [0.3, 0.4) is 0 Å². The average Bonchev–Trinajstić information content (AvgIpc) is 2.27. The summed E-state index contributed by atoms with van der Waals surface area (Å²) in [5.41, 5.74) is 4.46. The topological polar surface area (TPSA) is 66.9 Å². The van der Waals surface area contributed by atoms with Crippen molar-refractivity contribution in [1.82, 2.24) is 0 Å². The second-order valence-electron chi connectivity index (χ2n) is 3.56. The fourth-order valence-corrected chi connectivity index (χ4v) is 2.49. The second kappa shape index (κ2) is 5.87. The molecule has 0 aliphatic heterocycles. The predicted octanol–water partition coefficient (Wildman–Crippen LogP) is 2.70. The highest BCUT2D eigenvalue weighted by molar-refractivity contribution is 7.85. The Kier molecular flexibility index (Phi) is 4.73. The van der Waals surface area contributed by atoms with Crippen molar-refractivity contribution in [3.8, 4) is 6.07 Å². The molecular weight excluding hydrogens is 265 g/mol. The zero-order valence-corrected chi connectivity index (χ0v) is 10.1. The lowest BCUT2D eigenvalue weighted by Gasteiger charge is -2.10. The van der Waals surface area contributed by atoms with Gasteiger partial charge in [-0.3, -0.25) is 4.21 Å². The molecule has 0 saturated heterocycles. The van der Waals surface area contributed by atoms with Crippen molar-refractivity contribution < 1.29 is 17.4 Å². The monoisotopic (exact) mass is 276 g/mol. The minimum absolute atomic E-state index is 0.139. The third-order valence-electron chi connectivity index (χ3n) is 2.20. The highest BCUT2D eigenvalue weighted by Gasteiger charge is 2.31. The number of unbranched alkanes of at least 4 members (excludes halogenated alkanes) is 1. The van der Waals surface area contributed by atoms with E-state index in [1.54, 1.807) is 0 Å². The number of hydrogen-bond donors (Lipinski definition) is 1. The van der Waals surface area contributed by atoms with Gasteiger partial charge in [-0.05, 0) is 24.6 Å². The summed E-state index contributed by atoms with van der Waals surface area (Å²) in [5.74, 6) is 0.211. The predicted molar refractivity (Wildman–Crippen MR) is 62.0 cm³/mol. The molecule has 1 rings (SSSR count). The molecule has 0 heterocycles. The van der Waals surface area contributed by atoms with Gasteiger partial charge in [0.05, 0.1) is 27.3 Å². The fourth-order valence-electron chi connectivity index (χ4n) is 1.32. The van der Waals surface area contributed by atoms with Gasteiger partial charge in [0.2, 0.25) is 0 Å². The Balaban J connectivity index is 2.86. The molecule has 98 valence electrons. The van der Waals surface area contributed by atoms with Crippen LogP contribution in [0.1, 0.15) is 18.4 Å². The highest BCUT2D eigenvalue weighted by Crippen LogP contribution is 2.32. The number of rotatable bonds is 4. The summed E-state index contributed by atoms with van der Waals surface area (Å²) < 4.78 is 48.9. The zero-order valence-electron chi connectivity index (χ0n) is 9.33. The maximum Gasteiger partial charge on any atom is 0.416 e. The Hall–Kier alpha value is -1.55. The van der Waals surface area contributed by atoms with Gasteiger partial charge in [0, 0.05) is 17.9 Å². The lowest BCUT2D eigenvalue weighted by Crippen LogP contribution is -2.08. The molecule has 1 aromatic carbocycles. The molecule has 18 heavy (non-hydrogen) atoms. The van der Waals surface area contributed by atoms with E-state index in [0.717, 1.165) is 18.2 Å². The van der Waals surface area contributed by atoms with Gasteiger partial charge in [0.1, 0.15) is 0 Å². The van der Waals surface area contributed by atoms with E-state index in [1.807, 2.05) is 6.07 Å². The van der Waals surface area contributed by atoms with Crippen molar-refractivity contribution >= 4 is 16.5 Å². The summed E-state index contributed by atoms with van der Waals surface area (Å²) in [4.78, 5) is 0.181. The Morgan fingerprint density at radius 2 is 2.06 bits per heavy atom. The van der Waals surface area contributed by atoms with Crippen LogP contribution >= 0.6 is 0 Å². The SMILES string of the molecule is N#CCCCS(=O)c1ccc(C(F)(F)F)cc1N. The summed E-state index contributed by atoms with van der Waals surface area (Å²) in [6.07, 6.45) is -3.79. The van der Waals surface area contributed by atoms with Crippen LogP contribution in [0.2, 0.25) is 0 Å². The smallest absolute Gasteiger partial charge is 0.398 e. The first kappa shape index (κ1) is 14.5. The summed E-state index contributed by atoms with van der Waals surface area (Å²) in [6, 6.07) is 4.66. The number of nitrogens with zero attached hydrogens (tertiary/aromatic N) is 1. The molecule has 0 amide bonds. The molecule has 0 bridgehead atoms. The quantitative estimate of drug-likeness (QED) is 0.679. The Morgan fingerprint density at radius 1 is 1.39 bits per heavy atom. The van der Waals surface area contributed by atoms with E-state index in [1.165, 1.54) is 0 Å². The van der Waals surface area contributed by atoms with E-state index in [2.05, 4.69) is 0 Å². The molecule has 0 aliphatic carbocycles. The van der Waals surface area contributed by atoms with Crippen LogP contribution in [0.4, 0.5) is 18.9 Å². The van der Waals surface area contributed by atoms with Crippen LogP contribution < -0.4 is 5.73 Å². The third-order valence-corrected chi connectivity index (χ3v) is 3.72. The van der Waals surface area contributed by atoms with Crippen molar-refractivity contribution in [2.24, 2.45) is 0 Å². The van der Waals surface area contributed by atoms with Gasteiger partial charge < -0.3 is 5.73 Å². The van der Waals surface area contributed by atoms with Crippen molar-refractivity contribution in [2.75, 3.05) is 11.5 Å². The minimum atomic E-state index is -4.46. The minimum Gasteiger partial charge on any atom is -0.398 e. The lowest BCUT2D eigenvalue weighted by molar-refractivity contribution is -0.137. The molecule has 2 N–H and O–H groups in total. The van der Waals surface area contributed by atoms with Gasteiger partial charge in [-0.1, -0.05) is 0 Å². The summed E-state index contributed by atoms with van der Waals surface area (Å²) >= 11 is 0. The molecule has 0 aliphatic rings. The summed E-state index contributed by atoms with van der Waals surface area (Å²) in [5, 5.41) is 8.33. The van der Waals surface area contributed by atoms with Crippen LogP contribution in [0.5, 0.6) is 0 Å². The highest BCUT2D eigenvalue weighted by atomic mass is 32.2. The van der Waals surface area contributed by atoms with E-state index in [4.69, 9.17) is 11.0 Å². The summed E-state index contributed by atoms with van der Waals surface area (Å²) in [6.45, 7) is 0. The van der Waals surface area contributed by atoms with Gasteiger partial charge in [-0.2, -0.15) is 18.4 Å². The van der Waals surface area contributed by atoms with E-state index in [9.17, 15) is 17.4 Å². The van der Waals surface area contributed by atoms with Crippen molar-refractivity contribution in [2.45, 2.75) is 23.9 Å². The first-order valence-corrected chi connectivity index (χ1v) is 6.40. The van der Waals surface area contributed by atoms with Gasteiger partial charge in [-0.25, -0.2) is 0 Å². The molecule has 0 spiro atoms. The number of nitrogen functional groups attached to an aromatic ring is 1. The molecule has 0 saturated carbocycles. The van der Waals surface area contributed by atoms with Crippen LogP contribution in [-0.2, 0) is 17.0 Å². The maximum absolute atomic E-state index is 12.4.